The molecule has 0 bridgehead atoms. The second-order valence-electron chi connectivity index (χ2n) is 8.76. The van der Waals surface area contributed by atoms with Crippen LogP contribution in [0.5, 0.6) is 0 Å². The summed E-state index contributed by atoms with van der Waals surface area (Å²) in [6.45, 7) is 4.44. The Balaban J connectivity index is 3.87. The van der Waals surface area contributed by atoms with Crippen LogP contribution in [0.4, 0.5) is 0 Å². The van der Waals surface area contributed by atoms with E-state index in [9.17, 15) is 14.4 Å². The zero-order valence-corrected chi connectivity index (χ0v) is 20.4. The van der Waals surface area contributed by atoms with Gasteiger partial charge in [0.25, 0.3) is 0 Å². The van der Waals surface area contributed by atoms with Crippen molar-refractivity contribution in [2.24, 2.45) is 0 Å². The van der Waals surface area contributed by atoms with E-state index in [-0.39, 0.29) is 18.7 Å². The summed E-state index contributed by atoms with van der Waals surface area (Å²) in [6.07, 6.45) is 16.8. The fourth-order valence-corrected chi connectivity index (χ4v) is 3.74. The minimum absolute atomic E-state index is 0.00271. The molecule has 3 N–H and O–H groups in total. The minimum atomic E-state index is -0.867. The lowest BCUT2D eigenvalue weighted by Gasteiger charge is -2.22. The molecular formula is C25H48N2O5. The summed E-state index contributed by atoms with van der Waals surface area (Å²) in [5, 5.41) is 20.7. The van der Waals surface area contributed by atoms with Gasteiger partial charge in [-0.1, -0.05) is 77.6 Å². The Hall–Kier alpha value is -1.63. The third-order valence-corrected chi connectivity index (χ3v) is 5.74. The van der Waals surface area contributed by atoms with E-state index in [2.05, 4.69) is 12.2 Å². The molecule has 1 amide bonds. The second kappa shape index (κ2) is 22.6. The Morgan fingerprint density at radius 2 is 1.12 bits per heavy atom. The molecule has 0 unspecified atom stereocenters. The van der Waals surface area contributed by atoms with Crippen LogP contribution in [0.25, 0.3) is 0 Å². The average Bonchev–Trinajstić information content (AvgIpc) is 2.75. The number of aliphatic carboxylic acids is 2. The number of unbranched alkanes of at least 4 members (excludes halogenated alkanes) is 12. The van der Waals surface area contributed by atoms with Gasteiger partial charge in [-0.05, 0) is 25.8 Å². The topological polar surface area (TPSA) is 107 Å². The van der Waals surface area contributed by atoms with E-state index < -0.39 is 11.9 Å². The van der Waals surface area contributed by atoms with Gasteiger partial charge in [0, 0.05) is 26.1 Å². The second-order valence-corrected chi connectivity index (χ2v) is 8.76. The quantitative estimate of drug-likeness (QED) is 0.172. The molecule has 188 valence electrons. The number of hydrogen-bond donors (Lipinski definition) is 3. The molecule has 0 saturated heterocycles. The molecular weight excluding hydrogens is 408 g/mol. The number of hydrogen-bond acceptors (Lipinski definition) is 4. The molecule has 0 rings (SSSR count). The van der Waals surface area contributed by atoms with Gasteiger partial charge >= 0.3 is 11.9 Å². The Morgan fingerprint density at radius 3 is 1.72 bits per heavy atom. The Bertz CT molecular complexity index is 485. The molecule has 0 aliphatic carbocycles. The predicted molar refractivity (Wildman–Crippen MR) is 129 cm³/mol. The van der Waals surface area contributed by atoms with Crippen molar-refractivity contribution in [1.82, 2.24) is 10.2 Å². The molecule has 0 aromatic carbocycles. The smallest absolute Gasteiger partial charge is 0.305 e. The van der Waals surface area contributed by atoms with E-state index in [1.807, 2.05) is 0 Å². The molecule has 0 saturated carbocycles. The molecule has 0 radical (unpaired) electrons. The van der Waals surface area contributed by atoms with E-state index in [4.69, 9.17) is 10.2 Å². The molecule has 7 nitrogen and oxygen atoms in total. The number of nitrogens with one attached hydrogen (secondary N) is 1. The summed E-state index contributed by atoms with van der Waals surface area (Å²) in [7, 11) is 0. The first-order valence-electron chi connectivity index (χ1n) is 12.9. The van der Waals surface area contributed by atoms with Crippen LogP contribution in [-0.4, -0.2) is 59.1 Å². The number of carboxylic acids is 2. The van der Waals surface area contributed by atoms with Gasteiger partial charge in [0.2, 0.25) is 5.91 Å². The summed E-state index contributed by atoms with van der Waals surface area (Å²) in [5.74, 6) is -1.57. The first-order chi connectivity index (χ1) is 15.5. The monoisotopic (exact) mass is 456 g/mol. The Labute approximate surface area is 195 Å². The van der Waals surface area contributed by atoms with Crippen molar-refractivity contribution in [2.45, 2.75) is 116 Å². The summed E-state index contributed by atoms with van der Waals surface area (Å²) in [6, 6.07) is 0. The first kappa shape index (κ1) is 30.4. The largest absolute Gasteiger partial charge is 0.481 e. The van der Waals surface area contributed by atoms with Crippen LogP contribution in [0.1, 0.15) is 116 Å². The molecule has 0 atom stereocenters. The molecule has 0 aromatic heterocycles. The highest BCUT2D eigenvalue weighted by molar-refractivity contribution is 5.77. The maximum Gasteiger partial charge on any atom is 0.305 e. The fourth-order valence-electron chi connectivity index (χ4n) is 3.74. The number of nitrogens with zero attached hydrogens (tertiary/aromatic N) is 1. The van der Waals surface area contributed by atoms with Gasteiger partial charge in [-0.15, -0.1) is 0 Å². The highest BCUT2D eigenvalue weighted by Gasteiger charge is 2.14. The standard InChI is InChI=1S/C25H48N2O5/c1-2-3-4-5-6-7-8-9-10-13-16-23(28)27(22-18-25(31)32)21-15-12-11-14-19-26-20-17-24(29)30/h26H,2-22H2,1H3,(H,29,30)(H,31,32). The van der Waals surface area contributed by atoms with E-state index in [1.54, 1.807) is 4.90 Å². The van der Waals surface area contributed by atoms with E-state index >= 15 is 0 Å². The summed E-state index contributed by atoms with van der Waals surface area (Å²) >= 11 is 0. The maximum atomic E-state index is 12.6. The summed E-state index contributed by atoms with van der Waals surface area (Å²) < 4.78 is 0. The fraction of sp³-hybridized carbons (Fsp3) is 0.880. The van der Waals surface area contributed by atoms with Crippen LogP contribution in [0.15, 0.2) is 0 Å². The summed E-state index contributed by atoms with van der Waals surface area (Å²) in [4.78, 5) is 35.7. The highest BCUT2D eigenvalue weighted by atomic mass is 16.4. The minimum Gasteiger partial charge on any atom is -0.481 e. The lowest BCUT2D eigenvalue weighted by Crippen LogP contribution is -2.33. The van der Waals surface area contributed by atoms with Crippen molar-refractivity contribution in [1.29, 1.82) is 0 Å². The molecule has 32 heavy (non-hydrogen) atoms. The zero-order valence-electron chi connectivity index (χ0n) is 20.4. The van der Waals surface area contributed by atoms with Gasteiger partial charge in [0.15, 0.2) is 0 Å². The molecule has 7 heteroatoms. The number of amides is 1. The van der Waals surface area contributed by atoms with Gasteiger partial charge in [-0.3, -0.25) is 14.4 Å². The van der Waals surface area contributed by atoms with Crippen molar-refractivity contribution < 1.29 is 24.6 Å². The molecule has 0 aliphatic heterocycles. The van der Waals surface area contributed by atoms with Gasteiger partial charge in [-0.25, -0.2) is 0 Å². The van der Waals surface area contributed by atoms with Gasteiger partial charge < -0.3 is 20.4 Å². The van der Waals surface area contributed by atoms with Crippen molar-refractivity contribution in [3.8, 4) is 0 Å². The lowest BCUT2D eigenvalue weighted by molar-refractivity contribution is -0.139. The molecule has 0 aromatic rings. The molecule has 0 spiro atoms. The zero-order chi connectivity index (χ0) is 23.9. The first-order valence-corrected chi connectivity index (χ1v) is 12.9. The SMILES string of the molecule is CCCCCCCCCCCCC(=O)N(CCCCCCNCCC(=O)O)CCC(=O)O. The molecule has 0 fully saturated rings. The van der Waals surface area contributed by atoms with Crippen LogP contribution in [0.2, 0.25) is 0 Å². The van der Waals surface area contributed by atoms with E-state index in [1.165, 1.54) is 51.4 Å². The van der Waals surface area contributed by atoms with Gasteiger partial charge in [-0.2, -0.15) is 0 Å². The van der Waals surface area contributed by atoms with Crippen molar-refractivity contribution in [3.63, 3.8) is 0 Å². The Kier molecular flexibility index (Phi) is 21.4. The predicted octanol–water partition coefficient (Wildman–Crippen LogP) is 5.23. The van der Waals surface area contributed by atoms with Crippen LogP contribution < -0.4 is 5.32 Å². The van der Waals surface area contributed by atoms with Crippen molar-refractivity contribution >= 4 is 17.8 Å². The number of carbonyl (C=O) groups excluding carboxylic acids is 1. The van der Waals surface area contributed by atoms with Crippen molar-refractivity contribution in [3.05, 3.63) is 0 Å². The Morgan fingerprint density at radius 1 is 0.594 bits per heavy atom. The number of rotatable bonds is 24. The van der Waals surface area contributed by atoms with Gasteiger partial charge in [0.1, 0.15) is 0 Å². The number of carboxylic acid groups (broad SMARTS) is 2. The average molecular weight is 457 g/mol. The molecule has 0 heterocycles. The maximum absolute atomic E-state index is 12.6. The van der Waals surface area contributed by atoms with Crippen LogP contribution in [-0.2, 0) is 14.4 Å². The van der Waals surface area contributed by atoms with Crippen LogP contribution in [0, 0.1) is 0 Å². The summed E-state index contributed by atoms with van der Waals surface area (Å²) in [5.41, 5.74) is 0. The lowest BCUT2D eigenvalue weighted by atomic mass is 10.1. The van der Waals surface area contributed by atoms with E-state index in [0.717, 1.165) is 45.1 Å². The van der Waals surface area contributed by atoms with E-state index in [0.29, 0.717) is 26.1 Å². The van der Waals surface area contributed by atoms with Gasteiger partial charge in [0.05, 0.1) is 12.8 Å². The third-order valence-electron chi connectivity index (χ3n) is 5.74. The molecule has 0 aliphatic rings. The van der Waals surface area contributed by atoms with Crippen LogP contribution >= 0.6 is 0 Å². The van der Waals surface area contributed by atoms with Crippen molar-refractivity contribution in [2.75, 3.05) is 26.2 Å². The van der Waals surface area contributed by atoms with Crippen LogP contribution in [0.3, 0.4) is 0 Å². The normalized spacial score (nSPS) is 10.9. The number of carbonyl (C=O) groups is 3. The highest BCUT2D eigenvalue weighted by Crippen LogP contribution is 2.12. The third kappa shape index (κ3) is 21.6.